The van der Waals surface area contributed by atoms with E-state index >= 15 is 0 Å². The van der Waals surface area contributed by atoms with Crippen molar-refractivity contribution in [2.45, 2.75) is 31.8 Å². The standard InChI is InChI=1S/C15H19N3O3/c1-19-12-5-4-10(6-7-16)13(8-12)20-9-14-17-15(18-21-14)11-2-3-11/h4-5,8,11H,2-3,6-7,9,16H2,1H3. The Labute approximate surface area is 123 Å². The summed E-state index contributed by atoms with van der Waals surface area (Å²) in [5.41, 5.74) is 6.67. The molecule has 1 aliphatic rings. The summed E-state index contributed by atoms with van der Waals surface area (Å²) in [6.07, 6.45) is 3.04. The average Bonchev–Trinajstić information content (AvgIpc) is 3.25. The molecule has 1 fully saturated rings. The quantitative estimate of drug-likeness (QED) is 0.839. The van der Waals surface area contributed by atoms with Crippen LogP contribution in [0, 0.1) is 0 Å². The lowest BCUT2D eigenvalue weighted by Crippen LogP contribution is -2.06. The molecule has 6 heteroatoms. The van der Waals surface area contributed by atoms with E-state index in [4.69, 9.17) is 19.7 Å². The molecule has 1 aromatic carbocycles. The van der Waals surface area contributed by atoms with Gasteiger partial charge in [0.2, 0.25) is 0 Å². The Morgan fingerprint density at radius 1 is 1.38 bits per heavy atom. The molecule has 1 aromatic heterocycles. The van der Waals surface area contributed by atoms with Crippen LogP contribution >= 0.6 is 0 Å². The van der Waals surface area contributed by atoms with Crippen molar-refractivity contribution in [3.05, 3.63) is 35.5 Å². The maximum atomic E-state index is 5.80. The predicted molar refractivity (Wildman–Crippen MR) is 76.4 cm³/mol. The Kier molecular flexibility index (Phi) is 4.06. The minimum atomic E-state index is 0.254. The van der Waals surface area contributed by atoms with E-state index in [0.717, 1.165) is 42.1 Å². The van der Waals surface area contributed by atoms with Crippen molar-refractivity contribution in [2.75, 3.05) is 13.7 Å². The summed E-state index contributed by atoms with van der Waals surface area (Å²) >= 11 is 0. The molecule has 1 saturated carbocycles. The molecule has 1 heterocycles. The van der Waals surface area contributed by atoms with Crippen LogP contribution in [0.5, 0.6) is 11.5 Å². The molecule has 6 nitrogen and oxygen atoms in total. The average molecular weight is 289 g/mol. The van der Waals surface area contributed by atoms with Gasteiger partial charge in [-0.05, 0) is 37.4 Å². The van der Waals surface area contributed by atoms with Gasteiger partial charge >= 0.3 is 0 Å². The summed E-state index contributed by atoms with van der Waals surface area (Å²) < 4.78 is 16.2. The highest BCUT2D eigenvalue weighted by Crippen LogP contribution is 2.38. The highest BCUT2D eigenvalue weighted by molar-refractivity contribution is 5.41. The van der Waals surface area contributed by atoms with Gasteiger partial charge in [0.05, 0.1) is 7.11 Å². The number of hydrogen-bond acceptors (Lipinski definition) is 6. The lowest BCUT2D eigenvalue weighted by atomic mass is 10.1. The largest absolute Gasteiger partial charge is 0.497 e. The van der Waals surface area contributed by atoms with Crippen LogP contribution in [0.15, 0.2) is 22.7 Å². The Morgan fingerprint density at radius 3 is 2.95 bits per heavy atom. The third-order valence-electron chi connectivity index (χ3n) is 3.47. The molecular formula is C15H19N3O3. The van der Waals surface area contributed by atoms with E-state index in [0.29, 0.717) is 18.4 Å². The number of hydrogen-bond donors (Lipinski definition) is 1. The molecule has 0 unspecified atom stereocenters. The molecule has 2 N–H and O–H groups in total. The first-order chi connectivity index (χ1) is 10.3. The first kappa shape index (κ1) is 13.9. The normalized spacial score (nSPS) is 14.2. The topological polar surface area (TPSA) is 83.4 Å². The molecule has 0 amide bonds. The van der Waals surface area contributed by atoms with Crippen molar-refractivity contribution in [3.63, 3.8) is 0 Å². The van der Waals surface area contributed by atoms with Crippen LogP contribution in [0.25, 0.3) is 0 Å². The first-order valence-corrected chi connectivity index (χ1v) is 7.12. The maximum absolute atomic E-state index is 5.80. The number of nitrogens with two attached hydrogens (primary N) is 1. The van der Waals surface area contributed by atoms with Crippen LogP contribution in [0.3, 0.4) is 0 Å². The van der Waals surface area contributed by atoms with E-state index < -0.39 is 0 Å². The maximum Gasteiger partial charge on any atom is 0.264 e. The van der Waals surface area contributed by atoms with E-state index in [1.165, 1.54) is 0 Å². The van der Waals surface area contributed by atoms with Gasteiger partial charge in [-0.1, -0.05) is 11.2 Å². The van der Waals surface area contributed by atoms with Crippen LogP contribution in [0.4, 0.5) is 0 Å². The zero-order valence-electron chi connectivity index (χ0n) is 12.0. The summed E-state index contributed by atoms with van der Waals surface area (Å²) in [4.78, 5) is 4.35. The number of nitrogens with zero attached hydrogens (tertiary/aromatic N) is 2. The lowest BCUT2D eigenvalue weighted by molar-refractivity contribution is 0.239. The minimum Gasteiger partial charge on any atom is -0.497 e. The molecule has 0 atom stereocenters. The Morgan fingerprint density at radius 2 is 2.24 bits per heavy atom. The third-order valence-corrected chi connectivity index (χ3v) is 3.47. The second kappa shape index (κ2) is 6.13. The monoisotopic (exact) mass is 289 g/mol. The fourth-order valence-corrected chi connectivity index (χ4v) is 2.13. The molecule has 0 saturated heterocycles. The number of aromatic nitrogens is 2. The molecule has 2 aromatic rings. The van der Waals surface area contributed by atoms with Crippen molar-refractivity contribution >= 4 is 0 Å². The third kappa shape index (κ3) is 3.33. The molecule has 0 aliphatic heterocycles. The minimum absolute atomic E-state index is 0.254. The summed E-state index contributed by atoms with van der Waals surface area (Å²) in [6.45, 7) is 0.819. The highest BCUT2D eigenvalue weighted by Gasteiger charge is 2.28. The fourth-order valence-electron chi connectivity index (χ4n) is 2.13. The van der Waals surface area contributed by atoms with E-state index in [1.807, 2.05) is 18.2 Å². The van der Waals surface area contributed by atoms with Gasteiger partial charge in [-0.15, -0.1) is 0 Å². The molecule has 1 aliphatic carbocycles. The van der Waals surface area contributed by atoms with E-state index in [2.05, 4.69) is 10.1 Å². The zero-order valence-corrected chi connectivity index (χ0v) is 12.0. The SMILES string of the molecule is COc1ccc(CCN)c(OCc2nc(C3CC3)no2)c1. The summed E-state index contributed by atoms with van der Waals surface area (Å²) in [6, 6.07) is 5.71. The van der Waals surface area contributed by atoms with Crippen LogP contribution in [-0.2, 0) is 13.0 Å². The second-order valence-electron chi connectivity index (χ2n) is 5.12. The fraction of sp³-hybridized carbons (Fsp3) is 0.467. The van der Waals surface area contributed by atoms with Gasteiger partial charge in [0.1, 0.15) is 11.5 Å². The van der Waals surface area contributed by atoms with Crippen molar-refractivity contribution < 1.29 is 14.0 Å². The van der Waals surface area contributed by atoms with E-state index in [9.17, 15) is 0 Å². The van der Waals surface area contributed by atoms with Crippen LogP contribution < -0.4 is 15.2 Å². The molecule has 21 heavy (non-hydrogen) atoms. The molecule has 3 rings (SSSR count). The van der Waals surface area contributed by atoms with Gasteiger partial charge in [-0.3, -0.25) is 0 Å². The molecule has 0 spiro atoms. The van der Waals surface area contributed by atoms with Gasteiger partial charge in [0, 0.05) is 12.0 Å². The van der Waals surface area contributed by atoms with Gasteiger partial charge in [0.15, 0.2) is 12.4 Å². The zero-order chi connectivity index (χ0) is 14.7. The number of methoxy groups -OCH3 is 1. The van der Waals surface area contributed by atoms with Crippen molar-refractivity contribution in [1.82, 2.24) is 10.1 Å². The summed E-state index contributed by atoms with van der Waals surface area (Å²) in [5.74, 6) is 3.26. The van der Waals surface area contributed by atoms with Crippen LogP contribution in [0.1, 0.15) is 36.0 Å². The molecular weight excluding hydrogens is 270 g/mol. The van der Waals surface area contributed by atoms with E-state index in [-0.39, 0.29) is 6.61 Å². The number of ether oxygens (including phenoxy) is 2. The van der Waals surface area contributed by atoms with Gasteiger partial charge in [-0.2, -0.15) is 4.98 Å². The van der Waals surface area contributed by atoms with Gasteiger partial charge in [-0.25, -0.2) is 0 Å². The van der Waals surface area contributed by atoms with Gasteiger partial charge < -0.3 is 19.7 Å². The molecule has 0 radical (unpaired) electrons. The van der Waals surface area contributed by atoms with E-state index in [1.54, 1.807) is 7.11 Å². The van der Waals surface area contributed by atoms with Crippen molar-refractivity contribution in [1.29, 1.82) is 0 Å². The number of benzene rings is 1. The summed E-state index contributed by atoms with van der Waals surface area (Å²) in [7, 11) is 1.63. The Hall–Kier alpha value is -2.08. The Bertz CT molecular complexity index is 608. The predicted octanol–water partition coefficient (Wildman–Crippen LogP) is 2.04. The second-order valence-corrected chi connectivity index (χ2v) is 5.12. The highest BCUT2D eigenvalue weighted by atomic mass is 16.5. The lowest BCUT2D eigenvalue weighted by Gasteiger charge is -2.11. The summed E-state index contributed by atoms with van der Waals surface area (Å²) in [5, 5.41) is 3.97. The van der Waals surface area contributed by atoms with Crippen molar-refractivity contribution in [3.8, 4) is 11.5 Å². The number of rotatable bonds is 7. The van der Waals surface area contributed by atoms with Crippen LogP contribution in [-0.4, -0.2) is 23.8 Å². The molecule has 0 bridgehead atoms. The first-order valence-electron chi connectivity index (χ1n) is 7.12. The molecule has 112 valence electrons. The smallest absolute Gasteiger partial charge is 0.264 e. The Balaban J connectivity index is 1.69. The van der Waals surface area contributed by atoms with Gasteiger partial charge in [0.25, 0.3) is 5.89 Å². The van der Waals surface area contributed by atoms with Crippen LogP contribution in [0.2, 0.25) is 0 Å². The van der Waals surface area contributed by atoms with Crippen molar-refractivity contribution in [2.24, 2.45) is 5.73 Å².